The molecular weight excluding hydrogens is 200 g/mol. The zero-order valence-electron chi connectivity index (χ0n) is 7.47. The lowest BCUT2D eigenvalue weighted by atomic mass is 10.3. The molecule has 1 aromatic heterocycles. The van der Waals surface area contributed by atoms with Crippen molar-refractivity contribution in [2.75, 3.05) is 7.11 Å². The van der Waals surface area contributed by atoms with Crippen LogP contribution in [0.4, 0.5) is 0 Å². The van der Waals surface area contributed by atoms with Crippen molar-refractivity contribution in [2.24, 2.45) is 5.16 Å². The fraction of sp³-hybridized carbons (Fsp3) is 0.111. The number of ether oxygens (including phenoxy) is 1. The number of fused-ring (bicyclic) bond motifs is 1. The van der Waals surface area contributed by atoms with Crippen LogP contribution >= 0.6 is 11.3 Å². The fourth-order valence-corrected chi connectivity index (χ4v) is 1.97. The van der Waals surface area contributed by atoms with Crippen molar-refractivity contribution < 1.29 is 9.94 Å². The molecule has 0 bridgehead atoms. The van der Waals surface area contributed by atoms with Gasteiger partial charge in [0, 0.05) is 6.07 Å². The third kappa shape index (κ3) is 1.54. The Hall–Kier alpha value is -1.62. The smallest absolute Gasteiger partial charge is 0.139 e. The van der Waals surface area contributed by atoms with Crippen molar-refractivity contribution in [3.8, 4) is 5.75 Å². The molecule has 0 saturated heterocycles. The van der Waals surface area contributed by atoms with E-state index in [1.165, 1.54) is 17.6 Å². The highest BCUT2D eigenvalue weighted by molar-refractivity contribution is 7.20. The normalized spacial score (nSPS) is 11.2. The summed E-state index contributed by atoms with van der Waals surface area (Å²) in [6.45, 7) is 0. The molecule has 1 aromatic carbocycles. The molecule has 1 N–H and O–H groups in total. The predicted octanol–water partition coefficient (Wildman–Crippen LogP) is 2.11. The van der Waals surface area contributed by atoms with E-state index in [1.807, 2.05) is 18.2 Å². The third-order valence-corrected chi connectivity index (χ3v) is 2.75. The second-order valence-corrected chi connectivity index (χ2v) is 3.69. The van der Waals surface area contributed by atoms with Crippen molar-refractivity contribution in [3.63, 3.8) is 0 Å². The zero-order chi connectivity index (χ0) is 9.97. The average molecular weight is 208 g/mol. The van der Waals surface area contributed by atoms with Gasteiger partial charge in [-0.1, -0.05) is 5.16 Å². The first-order chi connectivity index (χ1) is 6.83. The summed E-state index contributed by atoms with van der Waals surface area (Å²) in [6.07, 6.45) is 1.32. The molecule has 1 heterocycles. The molecule has 2 rings (SSSR count). The lowest BCUT2D eigenvalue weighted by Crippen LogP contribution is -1.81. The number of nitrogens with zero attached hydrogens (tertiary/aromatic N) is 2. The van der Waals surface area contributed by atoms with Crippen LogP contribution < -0.4 is 4.74 Å². The predicted molar refractivity (Wildman–Crippen MR) is 55.6 cm³/mol. The molecule has 5 heteroatoms. The van der Waals surface area contributed by atoms with E-state index < -0.39 is 0 Å². The zero-order valence-corrected chi connectivity index (χ0v) is 8.28. The maximum absolute atomic E-state index is 8.36. The molecule has 0 unspecified atom stereocenters. The van der Waals surface area contributed by atoms with Crippen molar-refractivity contribution in [1.82, 2.24) is 4.98 Å². The van der Waals surface area contributed by atoms with Crippen molar-refractivity contribution in [3.05, 3.63) is 23.2 Å². The van der Waals surface area contributed by atoms with Crippen molar-refractivity contribution in [1.29, 1.82) is 0 Å². The van der Waals surface area contributed by atoms with Crippen LogP contribution in [0.2, 0.25) is 0 Å². The maximum Gasteiger partial charge on any atom is 0.139 e. The van der Waals surface area contributed by atoms with E-state index in [2.05, 4.69) is 10.1 Å². The number of hydrogen-bond donors (Lipinski definition) is 1. The van der Waals surface area contributed by atoms with Gasteiger partial charge in [0.2, 0.25) is 0 Å². The van der Waals surface area contributed by atoms with E-state index in [0.717, 1.165) is 16.0 Å². The highest BCUT2D eigenvalue weighted by atomic mass is 32.1. The Morgan fingerprint density at radius 2 is 2.43 bits per heavy atom. The van der Waals surface area contributed by atoms with Crippen molar-refractivity contribution in [2.45, 2.75) is 0 Å². The molecule has 14 heavy (non-hydrogen) atoms. The van der Waals surface area contributed by atoms with E-state index in [9.17, 15) is 0 Å². The van der Waals surface area contributed by atoms with Gasteiger partial charge < -0.3 is 9.94 Å². The largest absolute Gasteiger partial charge is 0.497 e. The second-order valence-electron chi connectivity index (χ2n) is 2.63. The Kier molecular flexibility index (Phi) is 2.32. The summed E-state index contributed by atoms with van der Waals surface area (Å²) >= 11 is 1.47. The molecular formula is C9H8N2O2S. The van der Waals surface area contributed by atoms with Gasteiger partial charge in [0.1, 0.15) is 17.0 Å². The highest BCUT2D eigenvalue weighted by Crippen LogP contribution is 2.24. The van der Waals surface area contributed by atoms with Crippen LogP contribution in [0.25, 0.3) is 10.2 Å². The van der Waals surface area contributed by atoms with Crippen LogP contribution in [0, 0.1) is 0 Å². The quantitative estimate of drug-likeness (QED) is 0.467. The number of oxime groups is 1. The Labute approximate surface area is 84.5 Å². The topological polar surface area (TPSA) is 54.7 Å². The molecule has 4 nitrogen and oxygen atoms in total. The molecule has 2 aromatic rings. The van der Waals surface area contributed by atoms with Crippen LogP contribution in [0.3, 0.4) is 0 Å². The number of thiazole rings is 1. The Balaban J connectivity index is 2.54. The Morgan fingerprint density at radius 3 is 3.14 bits per heavy atom. The monoisotopic (exact) mass is 208 g/mol. The molecule has 0 spiro atoms. The van der Waals surface area contributed by atoms with Gasteiger partial charge in [-0.25, -0.2) is 4.98 Å². The second kappa shape index (κ2) is 3.63. The Bertz CT molecular complexity index is 479. The van der Waals surface area contributed by atoms with Gasteiger partial charge in [-0.2, -0.15) is 0 Å². The van der Waals surface area contributed by atoms with Gasteiger partial charge in [0.25, 0.3) is 0 Å². The van der Waals surface area contributed by atoms with Gasteiger partial charge in [-0.05, 0) is 12.1 Å². The van der Waals surface area contributed by atoms with Gasteiger partial charge in [-0.3, -0.25) is 0 Å². The van der Waals surface area contributed by atoms with E-state index in [0.29, 0.717) is 5.01 Å². The first-order valence-corrected chi connectivity index (χ1v) is 4.77. The molecule has 0 aliphatic rings. The summed E-state index contributed by atoms with van der Waals surface area (Å²) in [6, 6.07) is 5.65. The Morgan fingerprint density at radius 1 is 1.57 bits per heavy atom. The van der Waals surface area contributed by atoms with Gasteiger partial charge in [-0.15, -0.1) is 11.3 Å². The number of methoxy groups -OCH3 is 1. The highest BCUT2D eigenvalue weighted by Gasteiger charge is 2.02. The van der Waals surface area contributed by atoms with E-state index in [-0.39, 0.29) is 0 Å². The SMILES string of the molecule is COc1ccc2sc(/C=N/O)nc2c1. The van der Waals surface area contributed by atoms with Gasteiger partial charge in [0.15, 0.2) is 0 Å². The molecule has 72 valence electrons. The molecule has 0 aliphatic heterocycles. The van der Waals surface area contributed by atoms with Crippen LogP contribution in [0.15, 0.2) is 23.4 Å². The molecule has 0 saturated carbocycles. The van der Waals surface area contributed by atoms with Crippen LogP contribution in [0.1, 0.15) is 5.01 Å². The van der Waals surface area contributed by atoms with E-state index >= 15 is 0 Å². The van der Waals surface area contributed by atoms with Crippen LogP contribution in [-0.2, 0) is 0 Å². The van der Waals surface area contributed by atoms with Crippen LogP contribution in [0.5, 0.6) is 5.75 Å². The standard InChI is InChI=1S/C9H8N2O2S/c1-13-6-2-3-8-7(4-6)11-9(14-8)5-10-12/h2-5,12H,1H3/b10-5+. The van der Waals surface area contributed by atoms with Crippen LogP contribution in [-0.4, -0.2) is 23.5 Å². The lowest BCUT2D eigenvalue weighted by molar-refractivity contribution is 0.322. The fourth-order valence-electron chi connectivity index (χ4n) is 1.16. The first kappa shape index (κ1) is 8.96. The van der Waals surface area contributed by atoms with Crippen molar-refractivity contribution >= 4 is 27.8 Å². The number of rotatable bonds is 2. The number of hydrogen-bond acceptors (Lipinski definition) is 5. The summed E-state index contributed by atoms with van der Waals surface area (Å²) < 4.78 is 6.12. The minimum absolute atomic E-state index is 0.677. The van der Waals surface area contributed by atoms with Gasteiger partial charge in [0.05, 0.1) is 17.3 Å². The van der Waals surface area contributed by atoms with E-state index in [4.69, 9.17) is 9.94 Å². The first-order valence-electron chi connectivity index (χ1n) is 3.95. The average Bonchev–Trinajstić information content (AvgIpc) is 2.59. The summed E-state index contributed by atoms with van der Waals surface area (Å²) in [5.74, 6) is 0.773. The molecule has 0 atom stereocenters. The molecule has 0 amide bonds. The minimum Gasteiger partial charge on any atom is -0.497 e. The summed E-state index contributed by atoms with van der Waals surface area (Å²) in [4.78, 5) is 4.24. The lowest BCUT2D eigenvalue weighted by Gasteiger charge is -1.96. The number of aromatic nitrogens is 1. The summed E-state index contributed by atoms with van der Waals surface area (Å²) in [5, 5.41) is 12.0. The summed E-state index contributed by atoms with van der Waals surface area (Å²) in [5.41, 5.74) is 0.851. The maximum atomic E-state index is 8.36. The molecule has 0 fully saturated rings. The summed E-state index contributed by atoms with van der Waals surface area (Å²) in [7, 11) is 1.61. The minimum atomic E-state index is 0.677. The van der Waals surface area contributed by atoms with Gasteiger partial charge >= 0.3 is 0 Å². The molecule has 0 radical (unpaired) electrons. The third-order valence-electron chi connectivity index (χ3n) is 1.78. The van der Waals surface area contributed by atoms with E-state index in [1.54, 1.807) is 7.11 Å². The number of benzene rings is 1. The molecule has 0 aliphatic carbocycles.